The van der Waals surface area contributed by atoms with E-state index in [1.54, 1.807) is 24.7 Å². The molecular weight excluding hydrogens is 411 g/mol. The van der Waals surface area contributed by atoms with Gasteiger partial charge in [-0.1, -0.05) is 6.08 Å². The summed E-state index contributed by atoms with van der Waals surface area (Å²) in [6, 6.07) is 9.09. The van der Waals surface area contributed by atoms with Crippen LogP contribution in [0.1, 0.15) is 23.1 Å². The van der Waals surface area contributed by atoms with E-state index in [-0.39, 0.29) is 18.4 Å². The summed E-state index contributed by atoms with van der Waals surface area (Å²) >= 11 is 0. The summed E-state index contributed by atoms with van der Waals surface area (Å²) in [4.78, 5) is 13.2. The highest BCUT2D eigenvalue weighted by molar-refractivity contribution is 5.78. The lowest BCUT2D eigenvalue weighted by atomic mass is 9.79. The molecule has 1 unspecified atom stereocenters. The lowest BCUT2D eigenvalue weighted by Gasteiger charge is -2.34. The van der Waals surface area contributed by atoms with Crippen molar-refractivity contribution in [3.8, 4) is 22.8 Å². The fraction of sp³-hybridized carbons (Fsp3) is 0.208. The number of ether oxygens (including phenoxy) is 3. The van der Waals surface area contributed by atoms with Crippen molar-refractivity contribution in [3.05, 3.63) is 77.5 Å². The Morgan fingerprint density at radius 2 is 1.97 bits per heavy atom. The molecule has 7 nitrogen and oxygen atoms in total. The Morgan fingerprint density at radius 3 is 2.72 bits per heavy atom. The van der Waals surface area contributed by atoms with Crippen LogP contribution in [0.15, 0.2) is 60.0 Å². The van der Waals surface area contributed by atoms with Crippen LogP contribution in [-0.4, -0.2) is 35.8 Å². The molecule has 1 spiro atoms. The molecule has 1 aromatic heterocycles. The number of aromatic nitrogens is 2. The highest BCUT2D eigenvalue weighted by atomic mass is 19.1. The van der Waals surface area contributed by atoms with Crippen molar-refractivity contribution in [1.29, 1.82) is 0 Å². The van der Waals surface area contributed by atoms with Crippen molar-refractivity contribution < 1.29 is 18.6 Å². The van der Waals surface area contributed by atoms with Crippen LogP contribution in [0.5, 0.6) is 11.5 Å². The zero-order valence-electron chi connectivity index (χ0n) is 17.0. The normalized spacial score (nSPS) is 21.2. The molecule has 32 heavy (non-hydrogen) atoms. The molecule has 6 rings (SSSR count). The van der Waals surface area contributed by atoms with E-state index in [1.807, 2.05) is 24.3 Å². The SMILES string of the molecule is NC1=NC2(CO1)c1cc(-c3cnccn3)ccc1Oc1c(F)cc(C3=CCOCC3)cc12. The van der Waals surface area contributed by atoms with Gasteiger partial charge in [0, 0.05) is 29.1 Å². The topological polar surface area (TPSA) is 91.9 Å². The van der Waals surface area contributed by atoms with E-state index in [1.165, 1.54) is 6.07 Å². The van der Waals surface area contributed by atoms with E-state index in [2.05, 4.69) is 15.0 Å². The number of nitrogens with two attached hydrogens (primary N) is 1. The number of halogens is 1. The average molecular weight is 430 g/mol. The molecule has 0 fully saturated rings. The fourth-order valence-corrected chi connectivity index (χ4v) is 4.49. The van der Waals surface area contributed by atoms with Gasteiger partial charge in [0.05, 0.1) is 25.1 Å². The van der Waals surface area contributed by atoms with Crippen molar-refractivity contribution in [2.75, 3.05) is 19.8 Å². The van der Waals surface area contributed by atoms with Crippen molar-refractivity contribution >= 4 is 11.6 Å². The third-order valence-electron chi connectivity index (χ3n) is 6.05. The summed E-state index contributed by atoms with van der Waals surface area (Å²) in [5.74, 6) is 0.195. The van der Waals surface area contributed by atoms with Crippen molar-refractivity contribution in [2.24, 2.45) is 10.7 Å². The molecule has 2 N–H and O–H groups in total. The minimum Gasteiger partial charge on any atom is -0.462 e. The number of hydrogen-bond donors (Lipinski definition) is 1. The Bertz CT molecular complexity index is 1290. The van der Waals surface area contributed by atoms with E-state index in [9.17, 15) is 0 Å². The molecule has 2 aromatic carbocycles. The van der Waals surface area contributed by atoms with Crippen molar-refractivity contribution in [1.82, 2.24) is 9.97 Å². The first kappa shape index (κ1) is 18.9. The highest BCUT2D eigenvalue weighted by Crippen LogP contribution is 2.53. The van der Waals surface area contributed by atoms with Gasteiger partial charge in [-0.2, -0.15) is 0 Å². The molecule has 4 heterocycles. The molecule has 3 aromatic rings. The maximum Gasteiger partial charge on any atom is 0.283 e. The molecule has 0 aliphatic carbocycles. The zero-order chi connectivity index (χ0) is 21.7. The summed E-state index contributed by atoms with van der Waals surface area (Å²) in [6.07, 6.45) is 7.62. The van der Waals surface area contributed by atoms with E-state index in [0.717, 1.165) is 22.3 Å². The van der Waals surface area contributed by atoms with Crippen LogP contribution < -0.4 is 10.5 Å². The number of benzene rings is 2. The van der Waals surface area contributed by atoms with E-state index >= 15 is 4.39 Å². The van der Waals surface area contributed by atoms with Crippen LogP contribution >= 0.6 is 0 Å². The van der Waals surface area contributed by atoms with E-state index in [0.29, 0.717) is 36.6 Å². The molecule has 0 radical (unpaired) electrons. The van der Waals surface area contributed by atoms with Crippen molar-refractivity contribution in [2.45, 2.75) is 12.0 Å². The lowest BCUT2D eigenvalue weighted by Crippen LogP contribution is -2.31. The second-order valence-corrected chi connectivity index (χ2v) is 7.89. The summed E-state index contributed by atoms with van der Waals surface area (Å²) in [5.41, 5.74) is 9.63. The van der Waals surface area contributed by atoms with Crippen molar-refractivity contribution in [3.63, 3.8) is 0 Å². The molecular formula is C24H19FN4O3. The molecule has 0 amide bonds. The van der Waals surface area contributed by atoms with Gasteiger partial charge in [-0.15, -0.1) is 0 Å². The monoisotopic (exact) mass is 430 g/mol. The van der Waals surface area contributed by atoms with E-state index < -0.39 is 11.4 Å². The van der Waals surface area contributed by atoms with Gasteiger partial charge in [-0.25, -0.2) is 9.38 Å². The number of amidine groups is 1. The predicted octanol–water partition coefficient (Wildman–Crippen LogP) is 3.78. The van der Waals surface area contributed by atoms with Gasteiger partial charge in [-0.05, 0) is 47.9 Å². The first-order chi connectivity index (χ1) is 15.6. The maximum absolute atomic E-state index is 15.3. The summed E-state index contributed by atoms with van der Waals surface area (Å²) in [6.45, 7) is 1.26. The number of fused-ring (bicyclic) bond motifs is 4. The second-order valence-electron chi connectivity index (χ2n) is 7.89. The number of rotatable bonds is 2. The Kier molecular flexibility index (Phi) is 4.22. The Labute approximate surface area is 183 Å². The van der Waals surface area contributed by atoms with Crippen LogP contribution in [0.3, 0.4) is 0 Å². The van der Waals surface area contributed by atoms with Gasteiger partial charge in [0.25, 0.3) is 6.02 Å². The maximum atomic E-state index is 15.3. The van der Waals surface area contributed by atoms with Gasteiger partial charge in [-0.3, -0.25) is 9.97 Å². The van der Waals surface area contributed by atoms with Gasteiger partial charge >= 0.3 is 0 Å². The molecule has 0 bridgehead atoms. The Balaban J connectivity index is 1.56. The van der Waals surface area contributed by atoms with Gasteiger partial charge < -0.3 is 19.9 Å². The number of aliphatic imine (C=N–C) groups is 1. The second kappa shape index (κ2) is 7.13. The first-order valence-electron chi connectivity index (χ1n) is 10.3. The summed E-state index contributed by atoms with van der Waals surface area (Å²) < 4.78 is 32.4. The third-order valence-corrected chi connectivity index (χ3v) is 6.05. The standard InChI is InChI=1S/C24H19FN4O3/c25-19-11-16(14-3-7-30-8-4-14)10-18-22(19)32-21-2-1-15(20-12-27-5-6-28-20)9-17(21)24(18)13-31-23(26)29-24/h1-3,5-6,9-12H,4,7-8,13H2,(H2,26,29). The highest BCUT2D eigenvalue weighted by Gasteiger charge is 2.48. The molecule has 0 saturated heterocycles. The molecule has 8 heteroatoms. The first-order valence-corrected chi connectivity index (χ1v) is 10.3. The molecule has 3 aliphatic rings. The zero-order valence-corrected chi connectivity index (χ0v) is 17.0. The summed E-state index contributed by atoms with van der Waals surface area (Å²) in [7, 11) is 0. The van der Waals surface area contributed by atoms with Gasteiger partial charge in [0.1, 0.15) is 12.4 Å². The van der Waals surface area contributed by atoms with Gasteiger partial charge in [0.15, 0.2) is 17.1 Å². The quantitative estimate of drug-likeness (QED) is 0.665. The Morgan fingerprint density at radius 1 is 1.06 bits per heavy atom. The molecule has 1 atom stereocenters. The predicted molar refractivity (Wildman–Crippen MR) is 116 cm³/mol. The minimum atomic E-state index is -1.02. The number of nitrogens with zero attached hydrogens (tertiary/aromatic N) is 3. The number of hydrogen-bond acceptors (Lipinski definition) is 7. The van der Waals surface area contributed by atoms with Crippen LogP contribution in [0.25, 0.3) is 16.8 Å². The van der Waals surface area contributed by atoms with Gasteiger partial charge in [0.2, 0.25) is 0 Å². The minimum absolute atomic E-state index is 0.0600. The third kappa shape index (κ3) is 2.87. The molecule has 0 saturated carbocycles. The van der Waals surface area contributed by atoms with E-state index in [4.69, 9.17) is 19.9 Å². The van der Waals surface area contributed by atoms with Crippen LogP contribution in [0.4, 0.5) is 4.39 Å². The average Bonchev–Trinajstić information content (AvgIpc) is 3.23. The summed E-state index contributed by atoms with van der Waals surface area (Å²) in [5, 5.41) is 0. The van der Waals surface area contributed by atoms with Crippen LogP contribution in [0.2, 0.25) is 0 Å². The van der Waals surface area contributed by atoms with Crippen LogP contribution in [0, 0.1) is 5.82 Å². The smallest absolute Gasteiger partial charge is 0.283 e. The van der Waals surface area contributed by atoms with Crippen LogP contribution in [-0.2, 0) is 15.0 Å². The lowest BCUT2D eigenvalue weighted by molar-refractivity contribution is 0.161. The Hall–Kier alpha value is -3.78. The fourth-order valence-electron chi connectivity index (χ4n) is 4.49. The molecule has 3 aliphatic heterocycles. The molecule has 160 valence electrons. The largest absolute Gasteiger partial charge is 0.462 e.